The molecular weight excluding hydrogens is 236 g/mol. The second kappa shape index (κ2) is 7.35. The predicted molar refractivity (Wildman–Crippen MR) is 65.8 cm³/mol. The van der Waals surface area contributed by atoms with Gasteiger partial charge in [0.1, 0.15) is 0 Å². The molecule has 0 atom stereocenters. The summed E-state index contributed by atoms with van der Waals surface area (Å²) in [6.07, 6.45) is 8.13. The van der Waals surface area contributed by atoms with Crippen LogP contribution in [-0.4, -0.2) is 10.7 Å². The van der Waals surface area contributed by atoms with Crippen molar-refractivity contribution in [3.63, 3.8) is 0 Å². The van der Waals surface area contributed by atoms with Crippen LogP contribution in [0.25, 0.3) is 6.08 Å². The van der Waals surface area contributed by atoms with Gasteiger partial charge in [-0.1, -0.05) is 0 Å². The molecule has 0 fully saturated rings. The zero-order valence-electron chi connectivity index (χ0n) is 9.59. The molecule has 0 bridgehead atoms. The molecule has 1 aromatic carbocycles. The van der Waals surface area contributed by atoms with Crippen molar-refractivity contribution in [3.05, 3.63) is 54.1 Å². The van der Waals surface area contributed by atoms with Crippen LogP contribution in [-0.2, 0) is 20.6 Å². The molecular formula is C14H16CrO. The van der Waals surface area contributed by atoms with Gasteiger partial charge in [-0.2, -0.15) is 0 Å². The molecule has 0 saturated carbocycles. The Balaban J connectivity index is 2.42. The molecule has 0 radical (unpaired) electrons. The van der Waals surface area contributed by atoms with Gasteiger partial charge in [-0.05, 0) is 0 Å². The summed E-state index contributed by atoms with van der Waals surface area (Å²) in [5.74, 6) is 0. The van der Waals surface area contributed by atoms with Crippen LogP contribution in [0.4, 0.5) is 0 Å². The molecule has 0 saturated heterocycles. The fourth-order valence-electron chi connectivity index (χ4n) is 1.14. The van der Waals surface area contributed by atoms with Crippen molar-refractivity contribution in [3.8, 4) is 0 Å². The quantitative estimate of drug-likeness (QED) is 0.730. The number of hydrogen-bond acceptors (Lipinski definition) is 1. The fourth-order valence-corrected chi connectivity index (χ4v) is 1.56. The van der Waals surface area contributed by atoms with Crippen LogP contribution in [0.2, 0.25) is 0 Å². The third kappa shape index (κ3) is 5.83. The summed E-state index contributed by atoms with van der Waals surface area (Å²) in [7, 11) is 0. The van der Waals surface area contributed by atoms with E-state index in [1.165, 1.54) is 5.56 Å². The Morgan fingerprint density at radius 3 is 2.50 bits per heavy atom. The molecule has 84 valence electrons. The Labute approximate surface area is 105 Å². The number of ether oxygens (including phenoxy) is 1. The van der Waals surface area contributed by atoms with Crippen molar-refractivity contribution in [1.29, 1.82) is 0 Å². The van der Waals surface area contributed by atoms with E-state index in [1.54, 1.807) is 0 Å². The van der Waals surface area contributed by atoms with Crippen molar-refractivity contribution in [2.45, 2.75) is 20.0 Å². The van der Waals surface area contributed by atoms with Gasteiger partial charge >= 0.3 is 105 Å². The molecule has 0 spiro atoms. The Morgan fingerprint density at radius 2 is 1.88 bits per heavy atom. The number of rotatable bonds is 5. The second-order valence-corrected chi connectivity index (χ2v) is 4.24. The van der Waals surface area contributed by atoms with E-state index in [9.17, 15) is 0 Å². The molecule has 2 heteroatoms. The summed E-state index contributed by atoms with van der Waals surface area (Å²) in [6.45, 7) is 4.01. The van der Waals surface area contributed by atoms with Crippen LogP contribution >= 0.6 is 0 Å². The van der Waals surface area contributed by atoms with E-state index in [0.717, 1.165) is 4.57 Å². The first-order valence-electron chi connectivity index (χ1n) is 5.29. The van der Waals surface area contributed by atoms with Crippen molar-refractivity contribution < 1.29 is 20.6 Å². The van der Waals surface area contributed by atoms with Crippen LogP contribution in [0.3, 0.4) is 0 Å². The summed E-state index contributed by atoms with van der Waals surface area (Å²) in [5, 5.41) is 0. The average Bonchev–Trinajstić information content (AvgIpc) is 2.25. The van der Waals surface area contributed by atoms with Gasteiger partial charge in [0, 0.05) is 0 Å². The maximum absolute atomic E-state index is 5.44. The van der Waals surface area contributed by atoms with Crippen molar-refractivity contribution in [1.82, 2.24) is 0 Å². The third-order valence-electron chi connectivity index (χ3n) is 1.78. The van der Waals surface area contributed by atoms with Gasteiger partial charge in [0.25, 0.3) is 0 Å². The topological polar surface area (TPSA) is 9.23 Å². The maximum atomic E-state index is 5.44. The Morgan fingerprint density at radius 1 is 1.19 bits per heavy atom. The third-order valence-corrected chi connectivity index (χ3v) is 2.15. The van der Waals surface area contributed by atoms with Gasteiger partial charge < -0.3 is 0 Å². The number of hydrogen-bond donors (Lipinski definition) is 0. The van der Waals surface area contributed by atoms with Gasteiger partial charge in [0.15, 0.2) is 0 Å². The average molecular weight is 252 g/mol. The molecule has 0 aromatic heterocycles. The van der Waals surface area contributed by atoms with Crippen LogP contribution in [0.1, 0.15) is 19.4 Å². The molecule has 0 heterocycles. The summed E-state index contributed by atoms with van der Waals surface area (Å²) < 4.78 is 6.26. The van der Waals surface area contributed by atoms with E-state index in [2.05, 4.69) is 34.1 Å². The van der Waals surface area contributed by atoms with Crippen molar-refractivity contribution >= 4 is 10.6 Å². The minimum atomic E-state index is 0.207. The molecule has 16 heavy (non-hydrogen) atoms. The molecule has 1 aromatic rings. The molecule has 0 N–H and O–H groups in total. The van der Waals surface area contributed by atoms with Crippen LogP contribution in [0.15, 0.2) is 48.6 Å². The first-order chi connectivity index (χ1) is 7.68. The summed E-state index contributed by atoms with van der Waals surface area (Å²) >= 11 is 2.88. The second-order valence-electron chi connectivity index (χ2n) is 3.61. The molecule has 1 rings (SSSR count). The summed E-state index contributed by atoms with van der Waals surface area (Å²) in [5.41, 5.74) is 1.19. The molecule has 0 amide bonds. The summed E-state index contributed by atoms with van der Waals surface area (Å²) in [4.78, 5) is 0. The monoisotopic (exact) mass is 252 g/mol. The van der Waals surface area contributed by atoms with Crippen LogP contribution in [0, 0.1) is 0 Å². The first kappa shape index (κ1) is 13.1. The van der Waals surface area contributed by atoms with E-state index in [1.807, 2.05) is 50.3 Å². The zero-order chi connectivity index (χ0) is 11.8. The Kier molecular flexibility index (Phi) is 6.03. The van der Waals surface area contributed by atoms with Gasteiger partial charge in [0.05, 0.1) is 0 Å². The SMILES string of the molecule is CC(C)O[C](=[Cr])/C=C/C=C/c1ccccc1. The fraction of sp³-hybridized carbons (Fsp3) is 0.214. The Hall–Kier alpha value is -0.938. The van der Waals surface area contributed by atoms with Gasteiger partial charge in [-0.3, -0.25) is 0 Å². The van der Waals surface area contributed by atoms with E-state index in [-0.39, 0.29) is 6.10 Å². The Bertz CT molecular complexity index is 377. The normalized spacial score (nSPS) is 11.7. The minimum absolute atomic E-state index is 0.207. The van der Waals surface area contributed by atoms with E-state index < -0.39 is 0 Å². The zero-order valence-corrected chi connectivity index (χ0v) is 10.9. The molecule has 0 unspecified atom stereocenters. The van der Waals surface area contributed by atoms with E-state index in [0.29, 0.717) is 0 Å². The summed E-state index contributed by atoms with van der Waals surface area (Å²) in [6, 6.07) is 10.2. The number of benzene rings is 1. The van der Waals surface area contributed by atoms with E-state index in [4.69, 9.17) is 4.74 Å². The van der Waals surface area contributed by atoms with Crippen LogP contribution < -0.4 is 0 Å². The molecule has 0 aliphatic carbocycles. The molecule has 0 aliphatic rings. The van der Waals surface area contributed by atoms with Gasteiger partial charge in [0.2, 0.25) is 0 Å². The number of allylic oxidation sites excluding steroid dienone is 2. The van der Waals surface area contributed by atoms with Crippen molar-refractivity contribution in [2.75, 3.05) is 0 Å². The molecule has 1 nitrogen and oxygen atoms in total. The van der Waals surface area contributed by atoms with Crippen LogP contribution in [0.5, 0.6) is 0 Å². The van der Waals surface area contributed by atoms with Gasteiger partial charge in [-0.15, -0.1) is 0 Å². The van der Waals surface area contributed by atoms with Gasteiger partial charge in [-0.25, -0.2) is 0 Å². The molecule has 0 aliphatic heterocycles. The van der Waals surface area contributed by atoms with E-state index >= 15 is 0 Å². The predicted octanol–water partition coefficient (Wildman–Crippen LogP) is 3.36. The first-order valence-corrected chi connectivity index (χ1v) is 5.92. The standard InChI is InChI=1S/C14H16O.Cr/c1-13(2)15-12-8-4-7-11-14-9-5-3-6-10-14;/h3-11,13H,1-2H3;/b8-4+,11-7+;. The van der Waals surface area contributed by atoms with Crippen molar-refractivity contribution in [2.24, 2.45) is 0 Å².